The lowest BCUT2D eigenvalue weighted by molar-refractivity contribution is -0.132. The monoisotopic (exact) mass is 541 g/mol. The van der Waals surface area contributed by atoms with E-state index in [1.54, 1.807) is 0 Å². The first-order valence-electron chi connectivity index (χ1n) is 12.2. The van der Waals surface area contributed by atoms with Crippen LogP contribution in [0.3, 0.4) is 0 Å². The van der Waals surface area contributed by atoms with Crippen LogP contribution in [0, 0.1) is 27.7 Å². The summed E-state index contributed by atoms with van der Waals surface area (Å²) in [5, 5.41) is 20.4. The van der Waals surface area contributed by atoms with Crippen molar-refractivity contribution in [2.45, 2.75) is 43.8 Å². The van der Waals surface area contributed by atoms with Gasteiger partial charge in [0.25, 0.3) is 5.78 Å². The molecule has 0 aliphatic carbocycles. The summed E-state index contributed by atoms with van der Waals surface area (Å²) in [6, 6.07) is 20.7. The minimum Gasteiger partial charge on any atom is -0.507 e. The molecule has 3 aromatic carbocycles. The second-order valence-corrected chi connectivity index (χ2v) is 11.7. The predicted octanol–water partition coefficient (Wildman–Crippen LogP) is 6.69. The summed E-state index contributed by atoms with van der Waals surface area (Å²) in [5.74, 6) is -0.940. The summed E-state index contributed by atoms with van der Waals surface area (Å²) >= 11 is 2.79. The summed E-state index contributed by atoms with van der Waals surface area (Å²) < 4.78 is 0.694. The number of ketones is 1. The van der Waals surface area contributed by atoms with Crippen LogP contribution < -0.4 is 4.90 Å². The van der Waals surface area contributed by atoms with E-state index in [-0.39, 0.29) is 11.3 Å². The summed E-state index contributed by atoms with van der Waals surface area (Å²) in [6.07, 6.45) is 0. The van der Waals surface area contributed by atoms with E-state index in [1.165, 1.54) is 33.6 Å². The quantitative estimate of drug-likeness (QED) is 0.0963. The van der Waals surface area contributed by atoms with E-state index in [0.717, 1.165) is 22.3 Å². The minimum atomic E-state index is -0.821. The van der Waals surface area contributed by atoms with Gasteiger partial charge in [0.05, 0.1) is 11.6 Å². The van der Waals surface area contributed by atoms with Gasteiger partial charge in [0.1, 0.15) is 5.76 Å². The highest BCUT2D eigenvalue weighted by atomic mass is 32.2. The van der Waals surface area contributed by atoms with Crippen LogP contribution in [0.15, 0.2) is 76.6 Å². The largest absolute Gasteiger partial charge is 0.507 e. The van der Waals surface area contributed by atoms with Crippen molar-refractivity contribution in [3.05, 3.63) is 111 Å². The Labute approximate surface area is 230 Å². The van der Waals surface area contributed by atoms with Crippen LogP contribution in [-0.4, -0.2) is 27.0 Å². The van der Waals surface area contributed by atoms with Crippen LogP contribution in [0.5, 0.6) is 0 Å². The Morgan fingerprint density at radius 3 is 2.21 bits per heavy atom. The first kappa shape index (κ1) is 25.9. The van der Waals surface area contributed by atoms with Gasteiger partial charge in [-0.3, -0.25) is 14.5 Å². The molecule has 1 saturated heterocycles. The topological polar surface area (TPSA) is 83.4 Å². The number of anilines is 1. The fourth-order valence-electron chi connectivity index (χ4n) is 4.42. The Bertz CT molecular complexity index is 1560. The van der Waals surface area contributed by atoms with Gasteiger partial charge in [0.2, 0.25) is 5.13 Å². The third-order valence-electron chi connectivity index (χ3n) is 6.57. The van der Waals surface area contributed by atoms with Crippen LogP contribution in [0.1, 0.15) is 45.0 Å². The van der Waals surface area contributed by atoms with Crippen molar-refractivity contribution in [3.8, 4) is 0 Å². The van der Waals surface area contributed by atoms with E-state index >= 15 is 0 Å². The molecule has 1 atom stereocenters. The molecular formula is C30H27N3O3S2. The fourth-order valence-corrected chi connectivity index (χ4v) is 6.24. The van der Waals surface area contributed by atoms with Crippen LogP contribution in [0.4, 0.5) is 5.13 Å². The predicted molar refractivity (Wildman–Crippen MR) is 153 cm³/mol. The van der Waals surface area contributed by atoms with Crippen molar-refractivity contribution in [1.29, 1.82) is 0 Å². The number of hydrogen-bond acceptors (Lipinski definition) is 7. The molecule has 192 valence electrons. The lowest BCUT2D eigenvalue weighted by Gasteiger charge is -2.23. The molecule has 0 bridgehead atoms. The number of aromatic nitrogens is 2. The molecule has 1 amide bonds. The molecule has 38 heavy (non-hydrogen) atoms. The molecule has 1 fully saturated rings. The minimum absolute atomic E-state index is 0.0524. The van der Waals surface area contributed by atoms with Gasteiger partial charge in [0, 0.05) is 11.3 Å². The molecule has 1 unspecified atom stereocenters. The number of aryl methyl sites for hydroxylation is 4. The number of thioether (sulfide) groups is 1. The Hall–Kier alpha value is -3.75. The zero-order chi connectivity index (χ0) is 27.0. The number of hydrogen-bond donors (Lipinski definition) is 1. The molecule has 1 N–H and O–H groups in total. The van der Waals surface area contributed by atoms with Crippen molar-refractivity contribution in [1.82, 2.24) is 10.2 Å². The van der Waals surface area contributed by atoms with E-state index in [1.807, 2.05) is 70.2 Å². The van der Waals surface area contributed by atoms with Crippen molar-refractivity contribution in [2.75, 3.05) is 4.90 Å². The maximum Gasteiger partial charge on any atom is 0.301 e. The van der Waals surface area contributed by atoms with Crippen LogP contribution >= 0.6 is 23.1 Å². The summed E-state index contributed by atoms with van der Waals surface area (Å²) in [7, 11) is 0. The highest BCUT2D eigenvalue weighted by Gasteiger charge is 2.48. The van der Waals surface area contributed by atoms with Crippen LogP contribution in [0.25, 0.3) is 5.76 Å². The Morgan fingerprint density at radius 1 is 0.895 bits per heavy atom. The smallest absolute Gasteiger partial charge is 0.301 e. The number of benzene rings is 3. The number of aliphatic hydroxyl groups excluding tert-OH is 1. The molecule has 1 aliphatic heterocycles. The normalized spacial score (nSPS) is 16.8. The summed E-state index contributed by atoms with van der Waals surface area (Å²) in [5.41, 5.74) is 6.46. The van der Waals surface area contributed by atoms with Gasteiger partial charge in [-0.1, -0.05) is 100 Å². The zero-order valence-electron chi connectivity index (χ0n) is 21.6. The Balaban J connectivity index is 1.55. The molecule has 1 aliphatic rings. The number of amides is 1. The number of carbonyl (C=O) groups excluding carboxylic acids is 2. The summed E-state index contributed by atoms with van der Waals surface area (Å²) in [6.45, 7) is 7.81. The van der Waals surface area contributed by atoms with Gasteiger partial charge >= 0.3 is 5.91 Å². The van der Waals surface area contributed by atoms with Gasteiger partial charge in [-0.15, -0.1) is 10.2 Å². The van der Waals surface area contributed by atoms with Gasteiger partial charge in [0.15, 0.2) is 4.34 Å². The molecule has 0 saturated carbocycles. The molecule has 2 heterocycles. The molecule has 0 radical (unpaired) electrons. The van der Waals surface area contributed by atoms with E-state index in [2.05, 4.69) is 34.5 Å². The van der Waals surface area contributed by atoms with Gasteiger partial charge in [-0.25, -0.2) is 0 Å². The van der Waals surface area contributed by atoms with Crippen LogP contribution in [-0.2, 0) is 15.3 Å². The van der Waals surface area contributed by atoms with E-state index in [0.29, 0.717) is 26.4 Å². The lowest BCUT2D eigenvalue weighted by atomic mass is 9.93. The second-order valence-electron chi connectivity index (χ2n) is 9.52. The number of rotatable bonds is 6. The Kier molecular flexibility index (Phi) is 7.19. The first-order valence-corrected chi connectivity index (χ1v) is 14.0. The highest BCUT2D eigenvalue weighted by molar-refractivity contribution is 8.00. The first-order chi connectivity index (χ1) is 18.2. The number of Topliss-reactive ketones (excluding diaryl/α,β-unsaturated/α-hetero) is 1. The van der Waals surface area contributed by atoms with Crippen molar-refractivity contribution in [3.63, 3.8) is 0 Å². The average Bonchev–Trinajstić information content (AvgIpc) is 3.47. The van der Waals surface area contributed by atoms with E-state index in [9.17, 15) is 14.7 Å². The lowest BCUT2D eigenvalue weighted by Crippen LogP contribution is -2.29. The van der Waals surface area contributed by atoms with Crippen molar-refractivity contribution >= 4 is 45.7 Å². The number of nitrogens with zero attached hydrogens (tertiary/aromatic N) is 3. The third-order valence-corrected chi connectivity index (χ3v) is 8.70. The van der Waals surface area contributed by atoms with Gasteiger partial charge in [-0.2, -0.15) is 0 Å². The number of aliphatic hydroxyl groups is 1. The molecular weight excluding hydrogens is 514 g/mol. The van der Waals surface area contributed by atoms with E-state index in [4.69, 9.17) is 0 Å². The zero-order valence-corrected chi connectivity index (χ0v) is 23.2. The van der Waals surface area contributed by atoms with Crippen LogP contribution in [0.2, 0.25) is 0 Å². The molecule has 0 spiro atoms. The fraction of sp³-hybridized carbons (Fsp3) is 0.200. The van der Waals surface area contributed by atoms with E-state index < -0.39 is 17.7 Å². The molecule has 8 heteroatoms. The molecule has 4 aromatic rings. The van der Waals surface area contributed by atoms with Gasteiger partial charge < -0.3 is 5.11 Å². The average molecular weight is 542 g/mol. The molecule has 5 rings (SSSR count). The van der Waals surface area contributed by atoms with Crippen molar-refractivity contribution < 1.29 is 14.7 Å². The SMILES string of the molecule is Cc1ccc(CSc2nnc(N3C(=O)C(=O)C(=C(O)c4cc(C)ccc4C)C3c3ccc(C)cc3)s2)cc1. The standard InChI is InChI=1S/C30H27N3O3S2/c1-17-6-11-21(12-7-17)16-37-30-32-31-29(38-30)33-25(22-13-8-18(2)9-14-22)24(27(35)28(33)36)26(34)23-15-19(3)5-10-20(23)4/h5-15,25,34H,16H2,1-4H3. The second kappa shape index (κ2) is 10.6. The maximum atomic E-state index is 13.4. The molecule has 6 nitrogen and oxygen atoms in total. The third kappa shape index (κ3) is 5.01. The summed E-state index contributed by atoms with van der Waals surface area (Å²) in [4.78, 5) is 28.2. The van der Waals surface area contributed by atoms with Crippen molar-refractivity contribution in [2.24, 2.45) is 0 Å². The maximum absolute atomic E-state index is 13.4. The Morgan fingerprint density at radius 2 is 1.53 bits per heavy atom. The number of carbonyl (C=O) groups is 2. The highest BCUT2D eigenvalue weighted by Crippen LogP contribution is 2.44. The van der Waals surface area contributed by atoms with Gasteiger partial charge in [-0.05, 0) is 50.5 Å². The molecule has 1 aromatic heterocycles.